The van der Waals surface area contributed by atoms with E-state index in [1.807, 2.05) is 6.07 Å². The molecule has 3 aromatic rings. The molecule has 0 radical (unpaired) electrons. The van der Waals surface area contributed by atoms with E-state index in [-0.39, 0.29) is 5.41 Å². The van der Waals surface area contributed by atoms with Crippen molar-refractivity contribution in [2.45, 2.75) is 74.0 Å². The van der Waals surface area contributed by atoms with Gasteiger partial charge in [-0.3, -0.25) is 4.90 Å². The molecule has 0 saturated carbocycles. The zero-order valence-corrected chi connectivity index (χ0v) is 23.4. The van der Waals surface area contributed by atoms with Crippen molar-refractivity contribution >= 4 is 11.6 Å². The fraction of sp³-hybridized carbons (Fsp3) is 0.500. The number of hydrogen-bond acceptors (Lipinski definition) is 4. The number of nitrogens with zero attached hydrogens (tertiary/aromatic N) is 3. The molecule has 0 aliphatic carbocycles. The minimum atomic E-state index is 0.129. The molecule has 0 bridgehead atoms. The summed E-state index contributed by atoms with van der Waals surface area (Å²) in [5.41, 5.74) is 6.28. The number of aryl methyl sites for hydroxylation is 2. The summed E-state index contributed by atoms with van der Waals surface area (Å²) < 4.78 is 13.9. The number of hydrogen-bond donors (Lipinski definition) is 0. The van der Waals surface area contributed by atoms with E-state index in [4.69, 9.17) is 26.1 Å². The molecule has 0 unspecified atom stereocenters. The lowest BCUT2D eigenvalue weighted by atomic mass is 9.95. The van der Waals surface area contributed by atoms with Crippen molar-refractivity contribution in [2.24, 2.45) is 5.41 Å². The normalized spacial score (nSPS) is 13.4. The van der Waals surface area contributed by atoms with Gasteiger partial charge < -0.3 is 14.0 Å². The van der Waals surface area contributed by atoms with Crippen molar-refractivity contribution in [1.29, 1.82) is 0 Å². The van der Waals surface area contributed by atoms with Crippen LogP contribution in [0.3, 0.4) is 0 Å². The highest BCUT2D eigenvalue weighted by molar-refractivity contribution is 6.30. The average molecular weight is 510 g/mol. The van der Waals surface area contributed by atoms with E-state index in [1.54, 1.807) is 0 Å². The van der Waals surface area contributed by atoms with Crippen LogP contribution in [0.15, 0.2) is 36.4 Å². The Morgan fingerprint density at radius 2 is 1.61 bits per heavy atom. The van der Waals surface area contributed by atoms with Gasteiger partial charge in [0.1, 0.15) is 19.0 Å². The molecule has 36 heavy (non-hydrogen) atoms. The number of benzene rings is 2. The minimum absolute atomic E-state index is 0.129. The SMILES string of the molecule is CCc1cccc(CC)c1-c1nc(Cl)c(CN(Cc2ccc3c(c2)OCCO3)CC(C)(C)C)n1CC. The molecule has 5 nitrogen and oxygen atoms in total. The van der Waals surface area contributed by atoms with Gasteiger partial charge in [0, 0.05) is 31.7 Å². The highest BCUT2D eigenvalue weighted by Crippen LogP contribution is 2.34. The summed E-state index contributed by atoms with van der Waals surface area (Å²) in [6.07, 6.45) is 1.93. The highest BCUT2D eigenvalue weighted by atomic mass is 35.5. The minimum Gasteiger partial charge on any atom is -0.486 e. The van der Waals surface area contributed by atoms with Crippen molar-refractivity contribution in [3.05, 3.63) is 63.9 Å². The van der Waals surface area contributed by atoms with Crippen LogP contribution < -0.4 is 9.47 Å². The van der Waals surface area contributed by atoms with Crippen LogP contribution in [0.4, 0.5) is 0 Å². The standard InChI is InChI=1S/C30H40ClN3O2/c1-7-22-11-10-12-23(8-2)27(22)29-32-28(31)24(34(29)9-3)19-33(20-30(4,5)6)18-21-13-14-25-26(17-21)36-16-15-35-25/h10-14,17H,7-9,15-16,18-20H2,1-6H3. The maximum Gasteiger partial charge on any atom is 0.161 e. The molecule has 1 aliphatic heterocycles. The number of aromatic nitrogens is 2. The van der Waals surface area contributed by atoms with Gasteiger partial charge in [0.05, 0.1) is 5.69 Å². The molecule has 0 amide bonds. The molecule has 0 saturated heterocycles. The third-order valence-electron chi connectivity index (χ3n) is 6.65. The summed E-state index contributed by atoms with van der Waals surface area (Å²) in [4.78, 5) is 7.42. The van der Waals surface area contributed by atoms with Crippen LogP contribution in [-0.4, -0.2) is 34.2 Å². The first-order chi connectivity index (χ1) is 17.2. The molecule has 194 valence electrons. The van der Waals surface area contributed by atoms with Crippen LogP contribution >= 0.6 is 11.6 Å². The highest BCUT2D eigenvalue weighted by Gasteiger charge is 2.24. The molecule has 0 atom stereocenters. The molecular formula is C30H40ClN3O2. The molecule has 0 N–H and O–H groups in total. The first-order valence-corrected chi connectivity index (χ1v) is 13.6. The lowest BCUT2D eigenvalue weighted by Gasteiger charge is -2.31. The summed E-state index contributed by atoms with van der Waals surface area (Å²) in [5.74, 6) is 2.64. The Morgan fingerprint density at radius 1 is 0.944 bits per heavy atom. The molecule has 0 spiro atoms. The monoisotopic (exact) mass is 509 g/mol. The van der Waals surface area contributed by atoms with Crippen molar-refractivity contribution in [3.63, 3.8) is 0 Å². The van der Waals surface area contributed by atoms with Crippen molar-refractivity contribution in [1.82, 2.24) is 14.5 Å². The second-order valence-corrected chi connectivity index (χ2v) is 11.1. The molecular weight excluding hydrogens is 470 g/mol. The number of halogens is 1. The van der Waals surface area contributed by atoms with E-state index in [0.29, 0.717) is 18.4 Å². The van der Waals surface area contributed by atoms with E-state index in [9.17, 15) is 0 Å². The molecule has 1 aromatic heterocycles. The maximum absolute atomic E-state index is 6.89. The van der Waals surface area contributed by atoms with Gasteiger partial charge in [0.2, 0.25) is 0 Å². The first-order valence-electron chi connectivity index (χ1n) is 13.2. The second kappa shape index (κ2) is 11.3. The maximum atomic E-state index is 6.89. The van der Waals surface area contributed by atoms with E-state index in [1.165, 1.54) is 22.3 Å². The van der Waals surface area contributed by atoms with Crippen molar-refractivity contribution in [3.8, 4) is 22.9 Å². The Morgan fingerprint density at radius 3 is 2.22 bits per heavy atom. The number of fused-ring (bicyclic) bond motifs is 1. The van der Waals surface area contributed by atoms with E-state index < -0.39 is 0 Å². The van der Waals surface area contributed by atoms with Crippen LogP contribution in [0.2, 0.25) is 5.15 Å². The van der Waals surface area contributed by atoms with E-state index in [2.05, 4.69) is 81.3 Å². The summed E-state index contributed by atoms with van der Waals surface area (Å²) in [6, 6.07) is 12.8. The van der Waals surface area contributed by atoms with Crippen LogP contribution in [0.25, 0.3) is 11.4 Å². The molecule has 1 aliphatic rings. The Hall–Kier alpha value is -2.50. The van der Waals surface area contributed by atoms with Gasteiger partial charge in [-0.05, 0) is 54.0 Å². The predicted octanol–water partition coefficient (Wildman–Crippen LogP) is 7.17. The van der Waals surface area contributed by atoms with Crippen molar-refractivity contribution in [2.75, 3.05) is 19.8 Å². The molecule has 2 heterocycles. The zero-order valence-electron chi connectivity index (χ0n) is 22.7. The Labute approximate surface area is 221 Å². The molecule has 6 heteroatoms. The van der Waals surface area contributed by atoms with E-state index >= 15 is 0 Å². The third-order valence-corrected chi connectivity index (χ3v) is 6.95. The van der Waals surface area contributed by atoms with Crippen LogP contribution in [0, 0.1) is 5.41 Å². The largest absolute Gasteiger partial charge is 0.486 e. The van der Waals surface area contributed by atoms with Gasteiger partial charge in [-0.2, -0.15) is 0 Å². The molecule has 0 fully saturated rings. The quantitative estimate of drug-likeness (QED) is 0.306. The lowest BCUT2D eigenvalue weighted by Crippen LogP contribution is -2.33. The van der Waals surface area contributed by atoms with Crippen LogP contribution in [0.1, 0.15) is 63.9 Å². The molecule has 2 aromatic carbocycles. The second-order valence-electron chi connectivity index (χ2n) is 10.8. The number of imidazole rings is 1. The third kappa shape index (κ3) is 5.90. The summed E-state index contributed by atoms with van der Waals surface area (Å²) in [5, 5.41) is 0.598. The lowest BCUT2D eigenvalue weighted by molar-refractivity contribution is 0.166. The zero-order chi connectivity index (χ0) is 25.9. The Kier molecular flexibility index (Phi) is 8.31. The Balaban J connectivity index is 1.70. The van der Waals surface area contributed by atoms with Crippen LogP contribution in [0.5, 0.6) is 11.5 Å². The summed E-state index contributed by atoms with van der Waals surface area (Å²) in [6.45, 7) is 17.9. The topological polar surface area (TPSA) is 39.5 Å². The van der Waals surface area contributed by atoms with Gasteiger partial charge in [-0.1, -0.05) is 70.5 Å². The predicted molar refractivity (Wildman–Crippen MR) is 148 cm³/mol. The average Bonchev–Trinajstić information content (AvgIpc) is 3.16. The number of rotatable bonds is 9. The van der Waals surface area contributed by atoms with Gasteiger partial charge in [0.15, 0.2) is 16.7 Å². The van der Waals surface area contributed by atoms with Gasteiger partial charge in [-0.25, -0.2) is 4.98 Å². The van der Waals surface area contributed by atoms with Gasteiger partial charge in [-0.15, -0.1) is 0 Å². The number of ether oxygens (including phenoxy) is 2. The fourth-order valence-corrected chi connectivity index (χ4v) is 5.41. The van der Waals surface area contributed by atoms with Gasteiger partial charge >= 0.3 is 0 Å². The summed E-state index contributed by atoms with van der Waals surface area (Å²) in [7, 11) is 0. The Bertz CT molecular complexity index is 1170. The van der Waals surface area contributed by atoms with Crippen LogP contribution in [-0.2, 0) is 32.5 Å². The molecule has 4 rings (SSSR count). The first kappa shape index (κ1) is 26.6. The van der Waals surface area contributed by atoms with E-state index in [0.717, 1.165) is 62.0 Å². The van der Waals surface area contributed by atoms with Gasteiger partial charge in [0.25, 0.3) is 0 Å². The smallest absolute Gasteiger partial charge is 0.161 e. The van der Waals surface area contributed by atoms with Crippen molar-refractivity contribution < 1.29 is 9.47 Å². The fourth-order valence-electron chi connectivity index (χ4n) is 5.16. The summed E-state index contributed by atoms with van der Waals surface area (Å²) >= 11 is 6.89.